The third kappa shape index (κ3) is 6.13. The molecule has 0 aliphatic carbocycles. The van der Waals surface area contributed by atoms with Crippen LogP contribution in [0.2, 0.25) is 0 Å². The van der Waals surface area contributed by atoms with Crippen molar-refractivity contribution in [3.05, 3.63) is 46.6 Å². The summed E-state index contributed by atoms with van der Waals surface area (Å²) in [5.41, 5.74) is 6.43. The Morgan fingerprint density at radius 1 is 1.17 bits per heavy atom. The number of benzene rings is 2. The summed E-state index contributed by atoms with van der Waals surface area (Å²) in [6.07, 6.45) is 0.263. The van der Waals surface area contributed by atoms with E-state index in [2.05, 4.69) is 45.2 Å². The van der Waals surface area contributed by atoms with Gasteiger partial charge in [-0.15, -0.1) is 0 Å². The first-order valence-electron chi connectivity index (χ1n) is 6.40. The molecule has 0 radical (unpaired) electrons. The van der Waals surface area contributed by atoms with Gasteiger partial charge in [-0.25, -0.2) is 0 Å². The van der Waals surface area contributed by atoms with Crippen molar-refractivity contribution >= 4 is 73.7 Å². The van der Waals surface area contributed by atoms with E-state index >= 15 is 0 Å². The van der Waals surface area contributed by atoms with Gasteiger partial charge in [-0.2, -0.15) is 0 Å². The molecule has 5 nitrogen and oxygen atoms in total. The van der Waals surface area contributed by atoms with Crippen molar-refractivity contribution in [2.24, 2.45) is 5.73 Å². The van der Waals surface area contributed by atoms with Gasteiger partial charge >= 0.3 is 35.5 Å². The maximum absolute atomic E-state index is 10.9. The molecular weight excluding hydrogens is 662 g/mol. The number of carbonyl (C=O) groups is 1. The molecule has 0 saturated heterocycles. The summed E-state index contributed by atoms with van der Waals surface area (Å²) in [6, 6.07) is 7.83. The summed E-state index contributed by atoms with van der Waals surface area (Å²) in [6.45, 7) is 0. The fraction of sp³-hybridized carbons (Fsp3) is 0.133. The first kappa shape index (κ1) is 22.7. The summed E-state index contributed by atoms with van der Waals surface area (Å²) in [5, 5.41) is 18.5. The number of phenolic OH excluding ortho intramolecular Hbond substituents is 1. The predicted molar refractivity (Wildman–Crippen MR) is 113 cm³/mol. The molecule has 2 aromatic carbocycles. The zero-order valence-corrected chi connectivity index (χ0v) is 21.1. The average Bonchev–Trinajstić information content (AvgIpc) is 2.46. The molecule has 24 heavy (non-hydrogen) atoms. The Bertz CT molecular complexity index is 741. The molecule has 0 amide bonds. The van der Waals surface area contributed by atoms with Crippen molar-refractivity contribution in [3.63, 3.8) is 0 Å². The van der Waals surface area contributed by atoms with Gasteiger partial charge in [0.1, 0.15) is 17.5 Å². The van der Waals surface area contributed by atoms with Crippen LogP contribution in [0.3, 0.4) is 0 Å². The number of phenols is 1. The monoisotopic (exact) mass is 675 g/mol. The molecule has 0 heterocycles. The first-order chi connectivity index (χ1) is 10.8. The van der Waals surface area contributed by atoms with Gasteiger partial charge in [0, 0.05) is 0 Å². The van der Waals surface area contributed by atoms with Crippen LogP contribution in [0.1, 0.15) is 6.99 Å². The fourth-order valence-electron chi connectivity index (χ4n) is 1.84. The summed E-state index contributed by atoms with van der Waals surface area (Å²) in [4.78, 5) is 10.9. The first-order valence-corrected chi connectivity index (χ1v) is 9.64. The third-order valence-electron chi connectivity index (χ3n) is 2.97. The molecule has 4 N–H and O–H groups in total. The minimum absolute atomic E-state index is 0. The summed E-state index contributed by atoms with van der Waals surface area (Å²) in [5.74, 6) is 0.507. The van der Waals surface area contributed by atoms with Crippen molar-refractivity contribution < 1.29 is 50.7 Å². The number of ether oxygens (including phenoxy) is 1. The van der Waals surface area contributed by atoms with Crippen molar-refractivity contribution in [3.8, 4) is 17.2 Å². The molecule has 1 atom stereocenters. The fourth-order valence-corrected chi connectivity index (χ4v) is 4.44. The van der Waals surface area contributed by atoms with E-state index in [4.69, 9.17) is 15.6 Å². The normalized spacial score (nSPS) is 11.5. The molecular formula is C15H13I3NNaO4. The number of carboxylic acid groups (broad SMARTS) is 1. The van der Waals surface area contributed by atoms with Gasteiger partial charge < -0.3 is 22.1 Å². The van der Waals surface area contributed by atoms with E-state index in [-0.39, 0.29) is 43.2 Å². The Labute approximate surface area is 203 Å². The molecule has 9 heteroatoms. The Kier molecular flexibility index (Phi) is 9.57. The van der Waals surface area contributed by atoms with E-state index < -0.39 is 12.0 Å². The summed E-state index contributed by atoms with van der Waals surface area (Å²) < 4.78 is 8.34. The molecule has 2 rings (SSSR count). The zero-order chi connectivity index (χ0) is 17.1. The molecule has 0 fully saturated rings. The van der Waals surface area contributed by atoms with Crippen molar-refractivity contribution in [2.75, 3.05) is 0 Å². The Morgan fingerprint density at radius 3 is 2.25 bits per heavy atom. The Morgan fingerprint density at radius 2 is 1.75 bits per heavy atom. The number of aliphatic carboxylic acids is 1. The summed E-state index contributed by atoms with van der Waals surface area (Å²) in [7, 11) is 0. The van der Waals surface area contributed by atoms with Gasteiger partial charge in [-0.1, -0.05) is 0 Å². The second-order valence-electron chi connectivity index (χ2n) is 4.75. The van der Waals surface area contributed by atoms with Gasteiger partial charge in [0.05, 0.1) is 10.7 Å². The quantitative estimate of drug-likeness (QED) is 0.326. The molecule has 0 bridgehead atoms. The standard InChI is InChI=1S/C15H12I3NO4.Na.H/c16-9-6-8(1-2-13(9)20)23-14-10(17)3-7(4-11(14)18)5-12(19)15(21)22;;/h1-4,6,12,20H,5,19H2,(H,21,22);;/q;+1;-1/t12-;;/m0../s1. The van der Waals surface area contributed by atoms with Crippen LogP contribution in [0, 0.1) is 10.7 Å². The maximum Gasteiger partial charge on any atom is 1.00 e. The smallest absolute Gasteiger partial charge is 1.00 e. The molecule has 0 spiro atoms. The van der Waals surface area contributed by atoms with E-state index in [1.54, 1.807) is 18.2 Å². The Hall–Kier alpha value is 0.660. The number of aromatic hydroxyl groups is 1. The van der Waals surface area contributed by atoms with E-state index in [0.29, 0.717) is 15.1 Å². The van der Waals surface area contributed by atoms with Crippen molar-refractivity contribution in [1.29, 1.82) is 0 Å². The number of carboxylic acids is 1. The van der Waals surface area contributed by atoms with Crippen LogP contribution in [0.15, 0.2) is 30.3 Å². The number of hydrogen-bond acceptors (Lipinski definition) is 4. The number of hydrogen-bond donors (Lipinski definition) is 3. The second-order valence-corrected chi connectivity index (χ2v) is 8.24. The zero-order valence-electron chi connectivity index (χ0n) is 13.6. The predicted octanol–water partition coefficient (Wildman–Crippen LogP) is 1.07. The molecule has 0 saturated carbocycles. The second kappa shape index (κ2) is 10.1. The minimum atomic E-state index is -1.02. The number of nitrogens with two attached hydrogens (primary N) is 1. The van der Waals surface area contributed by atoms with Crippen LogP contribution in [0.4, 0.5) is 0 Å². The molecule has 0 aliphatic rings. The van der Waals surface area contributed by atoms with E-state index in [1.807, 2.05) is 34.7 Å². The molecule has 124 valence electrons. The van der Waals surface area contributed by atoms with Crippen LogP contribution >= 0.6 is 67.8 Å². The number of rotatable bonds is 5. The topological polar surface area (TPSA) is 92.8 Å². The van der Waals surface area contributed by atoms with Gasteiger partial charge in [0.25, 0.3) is 0 Å². The van der Waals surface area contributed by atoms with Crippen LogP contribution < -0.4 is 40.0 Å². The molecule has 0 unspecified atom stereocenters. The average molecular weight is 675 g/mol. The van der Waals surface area contributed by atoms with Crippen LogP contribution in [-0.4, -0.2) is 22.2 Å². The molecule has 2 aromatic rings. The molecule has 0 aromatic heterocycles. The van der Waals surface area contributed by atoms with Crippen molar-refractivity contribution in [2.45, 2.75) is 12.5 Å². The van der Waals surface area contributed by atoms with Crippen molar-refractivity contribution in [1.82, 2.24) is 0 Å². The van der Waals surface area contributed by atoms with Gasteiger partial charge in [0.15, 0.2) is 5.75 Å². The maximum atomic E-state index is 10.9. The van der Waals surface area contributed by atoms with Crippen LogP contribution in [-0.2, 0) is 11.2 Å². The van der Waals surface area contributed by atoms with E-state index in [1.165, 1.54) is 0 Å². The van der Waals surface area contributed by atoms with Crippen LogP contribution in [0.25, 0.3) is 0 Å². The van der Waals surface area contributed by atoms with Gasteiger partial charge in [0.2, 0.25) is 0 Å². The minimum Gasteiger partial charge on any atom is -1.00 e. The van der Waals surface area contributed by atoms with Gasteiger partial charge in [-0.3, -0.25) is 4.79 Å². The third-order valence-corrected chi connectivity index (χ3v) is 5.44. The molecule has 0 aliphatic heterocycles. The Balaban J connectivity index is 0.00000288. The van der Waals surface area contributed by atoms with Gasteiger partial charge in [-0.05, 0) is 110 Å². The SMILES string of the molecule is N[C@@H](Cc1cc(I)c(Oc2ccc(O)c(I)c2)c(I)c1)C(=O)O.[H-].[Na+]. The van der Waals surface area contributed by atoms with E-state index in [0.717, 1.165) is 12.7 Å². The van der Waals surface area contributed by atoms with Crippen LogP contribution in [0.5, 0.6) is 17.2 Å². The largest absolute Gasteiger partial charge is 1.00 e. The number of halogens is 3. The summed E-state index contributed by atoms with van der Waals surface area (Å²) >= 11 is 6.33. The van der Waals surface area contributed by atoms with E-state index in [9.17, 15) is 9.90 Å².